The molecular formula is C6H5BrNO3S2+. The molecule has 0 aromatic heterocycles. The van der Waals surface area contributed by atoms with Crippen LogP contribution in [-0.2, 0) is 14.3 Å². The summed E-state index contributed by atoms with van der Waals surface area (Å²) < 4.78 is 26.9. The van der Waals surface area contributed by atoms with Gasteiger partial charge in [-0.25, -0.2) is 0 Å². The zero-order valence-corrected chi connectivity index (χ0v) is 9.51. The summed E-state index contributed by atoms with van der Waals surface area (Å²) in [7, 11) is -3.76. The zero-order valence-electron chi connectivity index (χ0n) is 6.21. The van der Waals surface area contributed by atoms with Crippen molar-refractivity contribution in [1.82, 2.24) is 4.89 Å². The molecule has 0 N–H and O–H groups in total. The molecule has 0 bridgehead atoms. The first kappa shape index (κ1) is 11.0. The predicted molar refractivity (Wildman–Crippen MR) is 53.5 cm³/mol. The molecule has 13 heavy (non-hydrogen) atoms. The van der Waals surface area contributed by atoms with Crippen molar-refractivity contribution in [1.29, 1.82) is 0 Å². The standard InChI is InChI=1S/C6H5BrNO3S2/c7-5-3-1-2-4-6(5)13(9,10)8-11-12/h1-4,12H/q+1. The molecule has 0 fully saturated rings. The maximum absolute atomic E-state index is 11.3. The quantitative estimate of drug-likeness (QED) is 0.520. The maximum Gasteiger partial charge on any atom is 0.475 e. The van der Waals surface area contributed by atoms with Crippen LogP contribution in [0.15, 0.2) is 33.6 Å². The highest BCUT2D eigenvalue weighted by Gasteiger charge is 2.33. The lowest BCUT2D eigenvalue weighted by Crippen LogP contribution is -2.13. The second-order valence-electron chi connectivity index (χ2n) is 2.06. The Bertz CT molecular complexity index is 393. The van der Waals surface area contributed by atoms with Crippen LogP contribution < -0.4 is 4.89 Å². The van der Waals surface area contributed by atoms with E-state index in [1.54, 1.807) is 18.2 Å². The number of sulfonamides is 1. The monoisotopic (exact) mass is 282 g/mol. The first-order valence-electron chi connectivity index (χ1n) is 3.10. The molecule has 0 aliphatic heterocycles. The van der Waals surface area contributed by atoms with E-state index in [4.69, 9.17) is 0 Å². The Hall–Kier alpha value is -0.0800. The van der Waals surface area contributed by atoms with Crippen molar-refractivity contribution in [2.24, 2.45) is 0 Å². The van der Waals surface area contributed by atoms with Crippen LogP contribution in [0.3, 0.4) is 0 Å². The molecule has 0 saturated heterocycles. The molecule has 1 aromatic carbocycles. The zero-order chi connectivity index (χ0) is 9.90. The smallest absolute Gasteiger partial charge is 0.154 e. The Morgan fingerprint density at radius 1 is 1.38 bits per heavy atom. The minimum absolute atomic E-state index is 0.0454. The summed E-state index contributed by atoms with van der Waals surface area (Å²) in [5, 5.41) is 0. The SMILES string of the molecule is O=S(=O)([N+]OS)c1ccccc1Br. The van der Waals surface area contributed by atoms with Crippen LogP contribution in [0.25, 0.3) is 0 Å². The number of rotatable bonds is 3. The highest BCUT2D eigenvalue weighted by atomic mass is 79.9. The van der Waals surface area contributed by atoms with Crippen molar-refractivity contribution in [3.63, 3.8) is 0 Å². The van der Waals surface area contributed by atoms with Crippen LogP contribution >= 0.6 is 28.8 Å². The van der Waals surface area contributed by atoms with E-state index in [0.29, 0.717) is 4.47 Å². The fourth-order valence-electron chi connectivity index (χ4n) is 0.738. The highest BCUT2D eigenvalue weighted by molar-refractivity contribution is 9.10. The van der Waals surface area contributed by atoms with Crippen LogP contribution in [0, 0.1) is 0 Å². The van der Waals surface area contributed by atoms with Gasteiger partial charge in [-0.3, -0.25) is 0 Å². The van der Waals surface area contributed by atoms with Gasteiger partial charge in [-0.05, 0) is 28.1 Å². The van der Waals surface area contributed by atoms with Gasteiger partial charge >= 0.3 is 14.9 Å². The van der Waals surface area contributed by atoms with Gasteiger partial charge in [0.15, 0.2) is 4.90 Å². The van der Waals surface area contributed by atoms with Crippen LogP contribution in [-0.4, -0.2) is 8.42 Å². The molecule has 0 aliphatic rings. The summed E-state index contributed by atoms with van der Waals surface area (Å²) in [6, 6.07) is 6.30. The Morgan fingerprint density at radius 3 is 2.54 bits per heavy atom. The molecule has 70 valence electrons. The molecular weight excluding hydrogens is 278 g/mol. The maximum atomic E-state index is 11.3. The van der Waals surface area contributed by atoms with E-state index in [1.807, 2.05) is 0 Å². The number of hydrogen-bond donors (Lipinski definition) is 1. The van der Waals surface area contributed by atoms with Crippen LogP contribution in [0.1, 0.15) is 0 Å². The first-order chi connectivity index (χ1) is 6.08. The molecule has 0 aliphatic carbocycles. The Kier molecular flexibility index (Phi) is 3.74. The third-order valence-corrected chi connectivity index (χ3v) is 3.57. The van der Waals surface area contributed by atoms with Gasteiger partial charge in [-0.15, -0.1) is 0 Å². The highest BCUT2D eigenvalue weighted by Crippen LogP contribution is 2.21. The van der Waals surface area contributed by atoms with Gasteiger partial charge in [0.25, 0.3) is 0 Å². The molecule has 7 heteroatoms. The van der Waals surface area contributed by atoms with E-state index >= 15 is 0 Å². The van der Waals surface area contributed by atoms with Crippen LogP contribution in [0.5, 0.6) is 0 Å². The summed E-state index contributed by atoms with van der Waals surface area (Å²) in [6.07, 6.45) is 0. The first-order valence-corrected chi connectivity index (χ1v) is 5.70. The molecule has 1 aromatic rings. The van der Waals surface area contributed by atoms with Gasteiger partial charge in [0, 0.05) is 8.76 Å². The normalized spacial score (nSPS) is 11.5. The van der Waals surface area contributed by atoms with E-state index in [-0.39, 0.29) is 4.90 Å². The lowest BCUT2D eigenvalue weighted by molar-refractivity contribution is 0.317. The minimum atomic E-state index is -3.76. The molecule has 0 unspecified atom stereocenters. The average molecular weight is 283 g/mol. The summed E-state index contributed by atoms with van der Waals surface area (Å²) in [6.45, 7) is 0. The lowest BCUT2D eigenvalue weighted by atomic mass is 10.4. The van der Waals surface area contributed by atoms with Crippen LogP contribution in [0.4, 0.5) is 0 Å². The summed E-state index contributed by atoms with van der Waals surface area (Å²) in [5.74, 6) is 0. The molecule has 2 radical (unpaired) electrons. The number of hydrogen-bond acceptors (Lipinski definition) is 4. The fourth-order valence-corrected chi connectivity index (χ4v) is 2.63. The second-order valence-corrected chi connectivity index (χ2v) is 4.62. The number of nitrogens with zero attached hydrogens (tertiary/aromatic N) is 1. The number of thiol groups is 1. The summed E-state index contributed by atoms with van der Waals surface area (Å²) in [5.41, 5.74) is 0. The third-order valence-electron chi connectivity index (χ3n) is 1.25. The molecule has 4 nitrogen and oxygen atoms in total. The van der Waals surface area contributed by atoms with Gasteiger partial charge in [0.05, 0.1) is 12.9 Å². The predicted octanol–water partition coefficient (Wildman–Crippen LogP) is 1.52. The lowest BCUT2D eigenvalue weighted by Gasteiger charge is -1.93. The van der Waals surface area contributed by atoms with Crippen molar-refractivity contribution >= 4 is 38.9 Å². The van der Waals surface area contributed by atoms with Gasteiger partial charge in [0.1, 0.15) is 0 Å². The second kappa shape index (κ2) is 4.43. The van der Waals surface area contributed by atoms with Crippen molar-refractivity contribution in [2.45, 2.75) is 4.90 Å². The molecule has 0 saturated carbocycles. The summed E-state index contributed by atoms with van der Waals surface area (Å²) in [4.78, 5) is 2.94. The molecule has 1 rings (SSSR count). The average Bonchev–Trinajstić information content (AvgIpc) is 2.04. The van der Waals surface area contributed by atoms with Crippen molar-refractivity contribution < 1.29 is 12.7 Å². The van der Waals surface area contributed by atoms with Crippen LogP contribution in [0.2, 0.25) is 0 Å². The molecule has 0 atom stereocenters. The van der Waals surface area contributed by atoms with Crippen molar-refractivity contribution in [2.75, 3.05) is 0 Å². The van der Waals surface area contributed by atoms with E-state index in [9.17, 15) is 8.42 Å². The van der Waals surface area contributed by atoms with Crippen molar-refractivity contribution in [3.8, 4) is 0 Å². The topological polar surface area (TPSA) is 57.5 Å². The van der Waals surface area contributed by atoms with Gasteiger partial charge in [0.2, 0.25) is 0 Å². The van der Waals surface area contributed by atoms with Gasteiger partial charge in [-0.1, -0.05) is 12.1 Å². The largest absolute Gasteiger partial charge is 0.475 e. The molecule has 0 spiro atoms. The van der Waals surface area contributed by atoms with E-state index in [1.165, 1.54) is 6.07 Å². The third kappa shape index (κ3) is 2.68. The Morgan fingerprint density at radius 2 is 2.00 bits per heavy atom. The van der Waals surface area contributed by atoms with Crippen molar-refractivity contribution in [3.05, 3.63) is 28.7 Å². The Labute approximate surface area is 90.0 Å². The van der Waals surface area contributed by atoms with Gasteiger partial charge in [-0.2, -0.15) is 8.42 Å². The van der Waals surface area contributed by atoms with E-state index in [2.05, 4.69) is 38.0 Å². The van der Waals surface area contributed by atoms with E-state index < -0.39 is 10.0 Å². The minimum Gasteiger partial charge on any atom is -0.154 e. The van der Waals surface area contributed by atoms with Gasteiger partial charge < -0.3 is 0 Å². The molecule has 0 amide bonds. The summed E-state index contributed by atoms with van der Waals surface area (Å²) >= 11 is 6.32. The van der Waals surface area contributed by atoms with E-state index in [0.717, 1.165) is 0 Å². The number of benzene rings is 1. The fraction of sp³-hybridized carbons (Fsp3) is 0. The number of halogens is 1. The molecule has 0 heterocycles. The Balaban J connectivity index is 3.15.